The number of carbonyl (C=O) groups excluding carboxylic acids is 2. The molecule has 1 aromatic rings. The fourth-order valence-corrected chi connectivity index (χ4v) is 6.88. The Hall–Kier alpha value is -2.79. The van der Waals surface area contributed by atoms with Crippen LogP contribution in [-0.2, 0) is 20.7 Å². The van der Waals surface area contributed by atoms with Crippen LogP contribution in [-0.4, -0.2) is 45.9 Å². The second-order valence-electron chi connectivity index (χ2n) is 11.5. The molecular formula is C31H45N4O3+. The number of likely N-dealkylation sites (tertiary alicyclic amines) is 1. The number of pyridine rings is 1. The van der Waals surface area contributed by atoms with E-state index in [9.17, 15) is 9.59 Å². The molecule has 1 amide bonds. The van der Waals surface area contributed by atoms with Crippen LogP contribution in [0.1, 0.15) is 103 Å². The summed E-state index contributed by atoms with van der Waals surface area (Å²) in [6.07, 6.45) is 12.9. The summed E-state index contributed by atoms with van der Waals surface area (Å²) in [5.41, 5.74) is 3.41. The van der Waals surface area contributed by atoms with Crippen molar-refractivity contribution < 1.29 is 19.1 Å². The van der Waals surface area contributed by atoms with E-state index in [1.165, 1.54) is 6.42 Å². The van der Waals surface area contributed by atoms with Crippen molar-refractivity contribution in [3.8, 4) is 0 Å². The molecule has 2 fully saturated rings. The van der Waals surface area contributed by atoms with Crippen LogP contribution in [0.25, 0.3) is 0 Å². The molecular weight excluding hydrogens is 476 g/mol. The predicted octanol–water partition coefficient (Wildman–Crippen LogP) is 6.12. The van der Waals surface area contributed by atoms with Gasteiger partial charge in [0.2, 0.25) is 5.91 Å². The van der Waals surface area contributed by atoms with Gasteiger partial charge < -0.3 is 9.64 Å². The lowest BCUT2D eigenvalue weighted by Gasteiger charge is -2.40. The zero-order valence-electron chi connectivity index (χ0n) is 23.9. The van der Waals surface area contributed by atoms with Gasteiger partial charge in [0.1, 0.15) is 6.61 Å². The summed E-state index contributed by atoms with van der Waals surface area (Å²) < 4.78 is 5.17. The molecule has 1 aromatic heterocycles. The van der Waals surface area contributed by atoms with Crippen LogP contribution >= 0.6 is 0 Å². The molecule has 3 atom stereocenters. The van der Waals surface area contributed by atoms with E-state index >= 15 is 0 Å². The first-order valence-electron chi connectivity index (χ1n) is 14.6. The number of nitrogens with zero attached hydrogens (tertiary/aromatic N) is 4. The molecule has 0 bridgehead atoms. The number of cyclic esters (lactones) is 1. The van der Waals surface area contributed by atoms with E-state index in [-0.39, 0.29) is 29.9 Å². The van der Waals surface area contributed by atoms with Gasteiger partial charge in [0, 0.05) is 35.7 Å². The van der Waals surface area contributed by atoms with Gasteiger partial charge in [0.25, 0.3) is 0 Å². The van der Waals surface area contributed by atoms with Gasteiger partial charge >= 0.3 is 12.2 Å². The lowest BCUT2D eigenvalue weighted by Crippen LogP contribution is -2.39. The summed E-state index contributed by atoms with van der Waals surface area (Å²) >= 11 is 0. The van der Waals surface area contributed by atoms with Crippen LogP contribution in [0.15, 0.2) is 34.7 Å². The van der Waals surface area contributed by atoms with Crippen molar-refractivity contribution in [3.05, 3.63) is 40.9 Å². The number of hydrogen-bond donors (Lipinski definition) is 0. The van der Waals surface area contributed by atoms with Crippen LogP contribution in [0.4, 0.5) is 0 Å². The molecule has 1 saturated heterocycles. The van der Waals surface area contributed by atoms with Gasteiger partial charge in [0.05, 0.1) is 21.8 Å². The van der Waals surface area contributed by atoms with Crippen LogP contribution in [0.5, 0.6) is 0 Å². The van der Waals surface area contributed by atoms with E-state index in [1.54, 1.807) is 13.1 Å². The Morgan fingerprint density at radius 3 is 2.55 bits per heavy atom. The average molecular weight is 522 g/mol. The van der Waals surface area contributed by atoms with E-state index in [2.05, 4.69) is 42.8 Å². The molecule has 1 spiro atoms. The third-order valence-electron chi connectivity index (χ3n) is 9.63. The molecule has 38 heavy (non-hydrogen) atoms. The minimum absolute atomic E-state index is 0.0688. The first-order valence-corrected chi connectivity index (χ1v) is 14.6. The minimum atomic E-state index is -0.287. The van der Waals surface area contributed by atoms with Crippen LogP contribution in [0.2, 0.25) is 0 Å². The normalized spacial score (nSPS) is 25.8. The maximum Gasteiger partial charge on any atom is 0.336 e. The standard InChI is InChI=1S/C31H45N4O3/c1-6-23(9-11-26-12-10-25(19-32-26)27(7-2)34-33-8-3)21(4)24-13-15-31(16-14-24)17-18-35(30(31)37)28-20-38-29(36)22(28)5/h8,10,12,19,21,23-24,27H,6-7,9,11,13-18,20H2,1-5H3/q+1. The molecule has 1 saturated carbocycles. The molecule has 0 N–H and O–H groups in total. The Labute approximate surface area is 227 Å². The molecule has 7 nitrogen and oxygen atoms in total. The number of carbonyl (C=O) groups is 2. The topological polar surface area (TPSA) is 86.0 Å². The van der Waals surface area contributed by atoms with E-state index in [4.69, 9.17) is 9.72 Å². The van der Waals surface area contributed by atoms with Gasteiger partial charge in [-0.2, -0.15) is 0 Å². The van der Waals surface area contributed by atoms with Crippen molar-refractivity contribution in [1.29, 1.82) is 0 Å². The van der Waals surface area contributed by atoms with Crippen molar-refractivity contribution in [2.75, 3.05) is 13.2 Å². The minimum Gasteiger partial charge on any atom is -0.456 e. The summed E-state index contributed by atoms with van der Waals surface area (Å²) in [6, 6.07) is 4.38. The Kier molecular flexibility index (Phi) is 9.19. The van der Waals surface area contributed by atoms with E-state index in [1.807, 2.05) is 18.0 Å². The number of aromatic nitrogens is 1. The van der Waals surface area contributed by atoms with E-state index < -0.39 is 0 Å². The third-order valence-corrected chi connectivity index (χ3v) is 9.63. The maximum atomic E-state index is 13.5. The van der Waals surface area contributed by atoms with Crippen LogP contribution < -0.4 is 0 Å². The largest absolute Gasteiger partial charge is 0.456 e. The number of esters is 1. The number of hydrogen-bond acceptors (Lipinski definition) is 5. The lowest BCUT2D eigenvalue weighted by molar-refractivity contribution is -0.138. The highest BCUT2D eigenvalue weighted by atomic mass is 16.5. The summed E-state index contributed by atoms with van der Waals surface area (Å²) in [6.45, 7) is 11.5. The number of ether oxygens (including phenoxy) is 1. The Morgan fingerprint density at radius 2 is 1.97 bits per heavy atom. The van der Waals surface area contributed by atoms with Crippen molar-refractivity contribution in [2.45, 2.75) is 98.4 Å². The van der Waals surface area contributed by atoms with Crippen molar-refractivity contribution in [3.63, 3.8) is 0 Å². The van der Waals surface area contributed by atoms with Gasteiger partial charge in [-0.3, -0.25) is 9.78 Å². The van der Waals surface area contributed by atoms with E-state index in [0.29, 0.717) is 29.9 Å². The Bertz CT molecular complexity index is 1090. The Morgan fingerprint density at radius 1 is 1.21 bits per heavy atom. The molecule has 0 radical (unpaired) electrons. The monoisotopic (exact) mass is 521 g/mol. The van der Waals surface area contributed by atoms with Gasteiger partial charge in [0.15, 0.2) is 6.04 Å². The zero-order valence-corrected chi connectivity index (χ0v) is 23.9. The average Bonchev–Trinajstić information content (AvgIpc) is 3.43. The van der Waals surface area contributed by atoms with Crippen molar-refractivity contribution in [2.24, 2.45) is 28.3 Å². The SMILES string of the molecule is CC=[N+]=NC(CC)c1ccc(CCC(CC)C(C)C2CCC3(CC2)CCN(C2=C(C)C(=O)OC2)C3=O)nc1. The molecule has 7 heteroatoms. The molecule has 3 unspecified atom stereocenters. The van der Waals surface area contributed by atoms with Gasteiger partial charge in [-0.1, -0.05) is 33.3 Å². The van der Waals surface area contributed by atoms with E-state index in [0.717, 1.165) is 68.3 Å². The van der Waals surface area contributed by atoms with Gasteiger partial charge in [-0.05, 0) is 82.1 Å². The molecule has 206 valence electrons. The molecule has 4 rings (SSSR count). The predicted molar refractivity (Wildman–Crippen MR) is 147 cm³/mol. The van der Waals surface area contributed by atoms with Gasteiger partial charge in [-0.25, -0.2) is 4.79 Å². The number of rotatable bonds is 10. The van der Waals surface area contributed by atoms with Gasteiger partial charge in [-0.15, -0.1) is 0 Å². The summed E-state index contributed by atoms with van der Waals surface area (Å²) in [4.78, 5) is 36.0. The van der Waals surface area contributed by atoms with Crippen molar-refractivity contribution >= 4 is 18.1 Å². The second-order valence-corrected chi connectivity index (χ2v) is 11.5. The summed E-state index contributed by atoms with van der Waals surface area (Å²) in [7, 11) is 0. The Balaban J connectivity index is 1.31. The highest BCUT2D eigenvalue weighted by Crippen LogP contribution is 2.50. The lowest BCUT2D eigenvalue weighted by atomic mass is 9.64. The van der Waals surface area contributed by atoms with Crippen LogP contribution in [0.3, 0.4) is 0 Å². The molecule has 3 heterocycles. The summed E-state index contributed by atoms with van der Waals surface area (Å²) in [5, 5.41) is 4.37. The molecule has 2 aliphatic heterocycles. The second kappa shape index (κ2) is 12.4. The van der Waals surface area contributed by atoms with Crippen molar-refractivity contribution in [1.82, 2.24) is 9.88 Å². The zero-order chi connectivity index (χ0) is 27.3. The first-order chi connectivity index (χ1) is 18.3. The third kappa shape index (κ3) is 5.78. The fourth-order valence-electron chi connectivity index (χ4n) is 6.88. The molecule has 3 aliphatic rings. The summed E-state index contributed by atoms with van der Waals surface area (Å²) in [5.74, 6) is 1.87. The highest BCUT2D eigenvalue weighted by Gasteiger charge is 2.50. The number of aryl methyl sites for hydroxylation is 1. The quantitative estimate of drug-likeness (QED) is 0.161. The highest BCUT2D eigenvalue weighted by molar-refractivity contribution is 5.94. The first kappa shape index (κ1) is 28.2. The smallest absolute Gasteiger partial charge is 0.336 e. The molecule has 0 aromatic carbocycles. The maximum absolute atomic E-state index is 13.5. The van der Waals surface area contributed by atoms with Crippen LogP contribution in [0, 0.1) is 23.2 Å². The fraction of sp³-hybridized carbons (Fsp3) is 0.677. The molecule has 1 aliphatic carbocycles. The number of amides is 1.